The summed E-state index contributed by atoms with van der Waals surface area (Å²) in [7, 11) is 0. The lowest BCUT2D eigenvalue weighted by Gasteiger charge is -2.26. The molecule has 1 amide bonds. The van der Waals surface area contributed by atoms with E-state index < -0.39 is 0 Å². The number of aromatic amines is 1. The van der Waals surface area contributed by atoms with E-state index in [2.05, 4.69) is 37.3 Å². The Balaban J connectivity index is 1.33. The molecule has 4 heterocycles. The summed E-state index contributed by atoms with van der Waals surface area (Å²) in [6, 6.07) is 10.2. The molecule has 32 heavy (non-hydrogen) atoms. The summed E-state index contributed by atoms with van der Waals surface area (Å²) >= 11 is 1.48. The molecule has 1 saturated heterocycles. The molecule has 1 aliphatic rings. The Kier molecular flexibility index (Phi) is 6.20. The fourth-order valence-corrected chi connectivity index (χ4v) is 4.56. The van der Waals surface area contributed by atoms with E-state index >= 15 is 0 Å². The summed E-state index contributed by atoms with van der Waals surface area (Å²) in [6.07, 6.45) is 4.08. The van der Waals surface area contributed by atoms with Crippen LogP contribution in [-0.4, -0.2) is 63.6 Å². The quantitative estimate of drug-likeness (QED) is 0.451. The second-order valence-electron chi connectivity index (χ2n) is 7.70. The Morgan fingerprint density at radius 3 is 2.78 bits per heavy atom. The van der Waals surface area contributed by atoms with Crippen molar-refractivity contribution in [1.29, 1.82) is 0 Å². The SMILES string of the molecule is O=C(NCCc1cnc[nH]1)c1nc(-c2ccc(CN3CCOCC3)cc2)nc2ccsc12. The summed E-state index contributed by atoms with van der Waals surface area (Å²) in [5, 5.41) is 4.91. The van der Waals surface area contributed by atoms with Gasteiger partial charge in [0.2, 0.25) is 0 Å². The maximum absolute atomic E-state index is 12.9. The normalized spacial score (nSPS) is 14.6. The number of H-pyrrole nitrogens is 1. The standard InChI is InChI=1S/C23H24N6O2S/c30-23(25-7-5-18-13-24-15-26-18)20-21-19(6-12-32-21)27-22(28-20)17-3-1-16(2-4-17)14-29-8-10-31-11-9-29/h1-4,6,12-13,15H,5,7-11,14H2,(H,24,26)(H,25,30). The molecule has 2 N–H and O–H groups in total. The molecule has 9 heteroatoms. The third-order valence-corrected chi connectivity index (χ3v) is 6.39. The molecule has 0 saturated carbocycles. The molecule has 0 bridgehead atoms. The monoisotopic (exact) mass is 448 g/mol. The van der Waals surface area contributed by atoms with Gasteiger partial charge in [-0.2, -0.15) is 0 Å². The van der Waals surface area contributed by atoms with Gasteiger partial charge < -0.3 is 15.0 Å². The molecule has 164 valence electrons. The molecule has 3 aromatic heterocycles. The predicted molar refractivity (Wildman–Crippen MR) is 124 cm³/mol. The van der Waals surface area contributed by atoms with E-state index in [1.807, 2.05) is 23.6 Å². The molecule has 0 spiro atoms. The molecule has 4 aromatic rings. The van der Waals surface area contributed by atoms with E-state index in [9.17, 15) is 4.79 Å². The van der Waals surface area contributed by atoms with Crippen molar-refractivity contribution in [3.63, 3.8) is 0 Å². The second-order valence-corrected chi connectivity index (χ2v) is 8.62. The van der Waals surface area contributed by atoms with Crippen molar-refractivity contribution >= 4 is 27.5 Å². The smallest absolute Gasteiger partial charge is 0.271 e. The number of nitrogens with one attached hydrogen (secondary N) is 2. The number of morpholine rings is 1. The minimum absolute atomic E-state index is 0.190. The van der Waals surface area contributed by atoms with Crippen LogP contribution in [0.2, 0.25) is 0 Å². The van der Waals surface area contributed by atoms with Crippen LogP contribution in [0.15, 0.2) is 48.2 Å². The zero-order valence-corrected chi connectivity index (χ0v) is 18.4. The number of hydrogen-bond acceptors (Lipinski definition) is 7. The molecule has 1 fully saturated rings. The molecule has 1 aliphatic heterocycles. The number of thiophene rings is 1. The Labute approximate surface area is 189 Å². The lowest BCUT2D eigenvalue weighted by Crippen LogP contribution is -2.35. The van der Waals surface area contributed by atoms with Crippen molar-refractivity contribution in [3.05, 3.63) is 65.2 Å². The van der Waals surface area contributed by atoms with Crippen LogP contribution in [0.3, 0.4) is 0 Å². The lowest BCUT2D eigenvalue weighted by atomic mass is 10.1. The highest BCUT2D eigenvalue weighted by molar-refractivity contribution is 7.17. The Hall–Kier alpha value is -3.14. The van der Waals surface area contributed by atoms with Gasteiger partial charge in [0.1, 0.15) is 5.69 Å². The second kappa shape index (κ2) is 9.56. The molecule has 0 radical (unpaired) electrons. The molecular formula is C23H24N6O2S. The maximum atomic E-state index is 12.9. The Bertz CT molecular complexity index is 1180. The van der Waals surface area contributed by atoms with Gasteiger partial charge in [-0.15, -0.1) is 11.3 Å². The molecule has 5 rings (SSSR count). The molecule has 0 atom stereocenters. The van der Waals surface area contributed by atoms with Crippen LogP contribution in [0, 0.1) is 0 Å². The number of rotatable bonds is 7. The summed E-state index contributed by atoms with van der Waals surface area (Å²) in [5.41, 5.74) is 4.32. The first-order chi connectivity index (χ1) is 15.8. The largest absolute Gasteiger partial charge is 0.379 e. The van der Waals surface area contributed by atoms with E-state index in [1.165, 1.54) is 16.9 Å². The fraction of sp³-hybridized carbons (Fsp3) is 0.304. The van der Waals surface area contributed by atoms with Gasteiger partial charge in [0.25, 0.3) is 5.91 Å². The van der Waals surface area contributed by atoms with Crippen LogP contribution >= 0.6 is 11.3 Å². The summed E-state index contributed by atoms with van der Waals surface area (Å²) in [6.45, 7) is 4.90. The number of imidazole rings is 1. The van der Waals surface area contributed by atoms with Gasteiger partial charge in [-0.3, -0.25) is 9.69 Å². The molecule has 0 unspecified atom stereocenters. The highest BCUT2D eigenvalue weighted by Gasteiger charge is 2.17. The molecule has 1 aromatic carbocycles. The van der Waals surface area contributed by atoms with Gasteiger partial charge in [-0.25, -0.2) is 15.0 Å². The first kappa shape index (κ1) is 20.7. The average molecular weight is 449 g/mol. The molecular weight excluding hydrogens is 424 g/mol. The van der Waals surface area contributed by atoms with Crippen molar-refractivity contribution < 1.29 is 9.53 Å². The lowest BCUT2D eigenvalue weighted by molar-refractivity contribution is 0.0342. The van der Waals surface area contributed by atoms with E-state index in [4.69, 9.17) is 9.72 Å². The van der Waals surface area contributed by atoms with E-state index in [1.54, 1.807) is 12.5 Å². The molecule has 0 aliphatic carbocycles. The summed E-state index contributed by atoms with van der Waals surface area (Å²) < 4.78 is 6.22. The highest BCUT2D eigenvalue weighted by Crippen LogP contribution is 2.26. The van der Waals surface area contributed by atoms with E-state index in [0.29, 0.717) is 24.5 Å². The number of fused-ring (bicyclic) bond motifs is 1. The first-order valence-corrected chi connectivity index (χ1v) is 11.5. The van der Waals surface area contributed by atoms with Gasteiger partial charge in [0.15, 0.2) is 5.82 Å². The van der Waals surface area contributed by atoms with Crippen molar-refractivity contribution in [2.24, 2.45) is 0 Å². The average Bonchev–Trinajstić information content (AvgIpc) is 3.51. The topological polar surface area (TPSA) is 96.0 Å². The van der Waals surface area contributed by atoms with Crippen LogP contribution in [0.1, 0.15) is 21.7 Å². The number of carbonyl (C=O) groups excluding carboxylic acids is 1. The number of nitrogens with zero attached hydrogens (tertiary/aromatic N) is 4. The van der Waals surface area contributed by atoms with Gasteiger partial charge in [0, 0.05) is 50.1 Å². The van der Waals surface area contributed by atoms with Gasteiger partial charge in [0.05, 0.1) is 29.8 Å². The summed E-state index contributed by atoms with van der Waals surface area (Å²) in [5.74, 6) is 0.372. The van der Waals surface area contributed by atoms with Gasteiger partial charge >= 0.3 is 0 Å². The highest BCUT2D eigenvalue weighted by atomic mass is 32.1. The van der Waals surface area contributed by atoms with Gasteiger partial charge in [-0.05, 0) is 17.0 Å². The van der Waals surface area contributed by atoms with E-state index in [0.717, 1.165) is 54.3 Å². The van der Waals surface area contributed by atoms with Crippen LogP contribution in [0.4, 0.5) is 0 Å². The minimum Gasteiger partial charge on any atom is -0.379 e. The zero-order chi connectivity index (χ0) is 21.8. The van der Waals surface area contributed by atoms with Crippen LogP contribution in [0.5, 0.6) is 0 Å². The third kappa shape index (κ3) is 4.69. The predicted octanol–water partition coefficient (Wildman–Crippen LogP) is 2.89. The van der Waals surface area contributed by atoms with Crippen molar-refractivity contribution in [3.8, 4) is 11.4 Å². The number of amides is 1. The third-order valence-electron chi connectivity index (χ3n) is 5.48. The Morgan fingerprint density at radius 2 is 2.00 bits per heavy atom. The van der Waals surface area contributed by atoms with Gasteiger partial charge in [-0.1, -0.05) is 24.3 Å². The van der Waals surface area contributed by atoms with Crippen molar-refractivity contribution in [2.45, 2.75) is 13.0 Å². The summed E-state index contributed by atoms with van der Waals surface area (Å²) in [4.78, 5) is 31.7. The fourth-order valence-electron chi connectivity index (χ4n) is 3.74. The first-order valence-electron chi connectivity index (χ1n) is 10.7. The van der Waals surface area contributed by atoms with Crippen molar-refractivity contribution in [1.82, 2.24) is 30.2 Å². The number of benzene rings is 1. The Morgan fingerprint density at radius 1 is 1.16 bits per heavy atom. The van der Waals surface area contributed by atoms with Crippen LogP contribution < -0.4 is 5.32 Å². The van der Waals surface area contributed by atoms with Crippen LogP contribution in [-0.2, 0) is 17.7 Å². The van der Waals surface area contributed by atoms with Crippen molar-refractivity contribution in [2.75, 3.05) is 32.8 Å². The number of hydrogen-bond donors (Lipinski definition) is 2. The maximum Gasteiger partial charge on any atom is 0.271 e. The number of aromatic nitrogens is 4. The van der Waals surface area contributed by atoms with Crippen LogP contribution in [0.25, 0.3) is 21.6 Å². The number of carbonyl (C=O) groups is 1. The minimum atomic E-state index is -0.190. The zero-order valence-electron chi connectivity index (χ0n) is 17.6. The number of ether oxygens (including phenoxy) is 1. The van der Waals surface area contributed by atoms with E-state index in [-0.39, 0.29) is 5.91 Å². The molecule has 8 nitrogen and oxygen atoms in total.